The van der Waals surface area contributed by atoms with E-state index in [2.05, 4.69) is 50.1 Å². The Kier molecular flexibility index (Phi) is 6.86. The van der Waals surface area contributed by atoms with Gasteiger partial charge in [-0.05, 0) is 36.6 Å². The number of phenols is 1. The van der Waals surface area contributed by atoms with Crippen molar-refractivity contribution in [3.8, 4) is 5.75 Å². The summed E-state index contributed by atoms with van der Waals surface area (Å²) in [5.41, 5.74) is 0.408. The van der Waals surface area contributed by atoms with Crippen LogP contribution in [0.25, 0.3) is 11.3 Å². The van der Waals surface area contributed by atoms with Gasteiger partial charge in [0.05, 0.1) is 28.5 Å². The molecule has 0 aliphatic heterocycles. The molecule has 14 heteroatoms. The first-order chi connectivity index (χ1) is 16.8. The Morgan fingerprint density at radius 1 is 1.08 bits per heavy atom. The fourth-order valence-corrected chi connectivity index (χ4v) is 5.41. The van der Waals surface area contributed by atoms with Crippen molar-refractivity contribution in [1.82, 2.24) is 23.0 Å². The highest BCUT2D eigenvalue weighted by Gasteiger charge is 2.31. The number of nitrogens with one attached hydrogen (secondary N) is 2. The van der Waals surface area contributed by atoms with Crippen LogP contribution in [0.1, 0.15) is 38.3 Å². The summed E-state index contributed by atoms with van der Waals surface area (Å²) in [5, 5.41) is 17.2. The average Bonchev–Trinajstić information content (AvgIpc) is 3.41. The molecule has 36 heavy (non-hydrogen) atoms. The number of phenolic OH excluding ortho intramolecular Hbond substituents is 1. The molecule has 0 spiro atoms. The molecule has 0 aliphatic carbocycles. The SMILES string of the molecule is Cc1ccc([C@H](Nc2nc3nsnc3nc2Nc2ccc(Cl)c(S(=O)(=O)N(C)C)c2O)C(C)(C)C)o1. The predicted octanol–water partition coefficient (Wildman–Crippen LogP) is 4.93. The van der Waals surface area contributed by atoms with Crippen molar-refractivity contribution in [2.45, 2.75) is 38.6 Å². The molecular formula is C22H26ClN7O4S2. The Morgan fingerprint density at radius 3 is 2.28 bits per heavy atom. The van der Waals surface area contributed by atoms with E-state index in [1.165, 1.54) is 26.2 Å². The van der Waals surface area contributed by atoms with Gasteiger partial charge >= 0.3 is 0 Å². The fraction of sp³-hybridized carbons (Fsp3) is 0.364. The van der Waals surface area contributed by atoms with Crippen LogP contribution in [-0.2, 0) is 10.0 Å². The van der Waals surface area contributed by atoms with Gasteiger partial charge in [0.2, 0.25) is 21.3 Å². The maximum Gasteiger partial charge on any atom is 0.247 e. The number of benzene rings is 1. The summed E-state index contributed by atoms with van der Waals surface area (Å²) in [6.07, 6.45) is 0. The molecule has 4 aromatic rings. The van der Waals surface area contributed by atoms with Crippen LogP contribution in [0, 0.1) is 12.3 Å². The minimum Gasteiger partial charge on any atom is -0.504 e. The van der Waals surface area contributed by atoms with E-state index in [-0.39, 0.29) is 28.0 Å². The third-order valence-corrected chi connectivity index (χ3v) is 8.21. The predicted molar refractivity (Wildman–Crippen MR) is 140 cm³/mol. The van der Waals surface area contributed by atoms with Gasteiger partial charge in [-0.15, -0.1) is 0 Å². The smallest absolute Gasteiger partial charge is 0.247 e. The van der Waals surface area contributed by atoms with Gasteiger partial charge in [0, 0.05) is 14.1 Å². The lowest BCUT2D eigenvalue weighted by molar-refractivity contribution is 0.300. The Balaban J connectivity index is 1.82. The van der Waals surface area contributed by atoms with E-state index in [0.29, 0.717) is 22.9 Å². The van der Waals surface area contributed by atoms with Gasteiger partial charge in [-0.2, -0.15) is 8.75 Å². The van der Waals surface area contributed by atoms with E-state index in [0.717, 1.165) is 21.8 Å². The highest BCUT2D eigenvalue weighted by molar-refractivity contribution is 7.89. The Bertz CT molecular complexity index is 1530. The standard InChI is InChI=1S/C22H26ClN7O4S2/c1-11-7-10-14(34-11)17(22(2,3)4)25-19-18(26-20-21(27-19)29-35-28-20)24-13-9-8-12(23)16(15(13)31)36(32,33)30(5)6/h7-10,17,31H,1-6H3,(H,24,26,28)(H,25,27,29)/t17-/m0/s1. The Labute approximate surface area is 217 Å². The molecule has 11 nitrogen and oxygen atoms in total. The Hall–Kier alpha value is -3.00. The van der Waals surface area contributed by atoms with Crippen molar-refractivity contribution in [2.75, 3.05) is 24.7 Å². The summed E-state index contributed by atoms with van der Waals surface area (Å²) in [7, 11) is -1.33. The van der Waals surface area contributed by atoms with Crippen LogP contribution in [0.2, 0.25) is 5.02 Å². The number of halogens is 1. The van der Waals surface area contributed by atoms with Crippen LogP contribution in [0.15, 0.2) is 33.6 Å². The first-order valence-corrected chi connectivity index (χ1v) is 13.4. The van der Waals surface area contributed by atoms with Gasteiger partial charge < -0.3 is 20.2 Å². The third kappa shape index (κ3) is 4.96. The van der Waals surface area contributed by atoms with Gasteiger partial charge in [0.25, 0.3) is 0 Å². The van der Waals surface area contributed by atoms with E-state index in [4.69, 9.17) is 16.0 Å². The summed E-state index contributed by atoms with van der Waals surface area (Å²) in [6.45, 7) is 8.02. The van der Waals surface area contributed by atoms with Crippen molar-refractivity contribution in [3.05, 3.63) is 40.8 Å². The van der Waals surface area contributed by atoms with Crippen LogP contribution >= 0.6 is 23.3 Å². The van der Waals surface area contributed by atoms with Crippen molar-refractivity contribution >= 4 is 62.0 Å². The molecule has 0 amide bonds. The van der Waals surface area contributed by atoms with Crippen LogP contribution in [0.4, 0.5) is 17.3 Å². The lowest BCUT2D eigenvalue weighted by Crippen LogP contribution is -2.26. The number of sulfonamides is 1. The molecule has 0 unspecified atom stereocenters. The molecule has 3 aromatic heterocycles. The lowest BCUT2D eigenvalue weighted by atomic mass is 9.85. The molecule has 3 N–H and O–H groups in total. The number of aryl methyl sites for hydroxylation is 1. The zero-order chi connectivity index (χ0) is 26.4. The number of nitrogens with zero attached hydrogens (tertiary/aromatic N) is 5. The molecule has 3 heterocycles. The minimum absolute atomic E-state index is 0.0702. The van der Waals surface area contributed by atoms with Crippen LogP contribution in [0.5, 0.6) is 5.75 Å². The van der Waals surface area contributed by atoms with Gasteiger partial charge in [-0.3, -0.25) is 0 Å². The van der Waals surface area contributed by atoms with E-state index in [1.807, 2.05) is 19.1 Å². The molecule has 0 radical (unpaired) electrons. The lowest BCUT2D eigenvalue weighted by Gasteiger charge is -2.30. The van der Waals surface area contributed by atoms with Crippen LogP contribution in [-0.4, -0.2) is 50.6 Å². The summed E-state index contributed by atoms with van der Waals surface area (Å²) >= 11 is 7.12. The molecule has 0 saturated heterocycles. The molecule has 1 atom stereocenters. The van der Waals surface area contributed by atoms with E-state index in [9.17, 15) is 13.5 Å². The van der Waals surface area contributed by atoms with Gasteiger partial charge in [0.15, 0.2) is 17.4 Å². The van der Waals surface area contributed by atoms with Crippen LogP contribution < -0.4 is 10.6 Å². The first kappa shape index (κ1) is 26.1. The minimum atomic E-state index is -4.03. The number of hydrogen-bond acceptors (Lipinski definition) is 11. The van der Waals surface area contributed by atoms with Crippen molar-refractivity contribution < 1.29 is 17.9 Å². The average molecular weight is 552 g/mol. The monoisotopic (exact) mass is 551 g/mol. The van der Waals surface area contributed by atoms with E-state index < -0.39 is 20.7 Å². The molecule has 0 saturated carbocycles. The van der Waals surface area contributed by atoms with Crippen molar-refractivity contribution in [3.63, 3.8) is 0 Å². The summed E-state index contributed by atoms with van der Waals surface area (Å²) in [4.78, 5) is 8.69. The molecule has 0 aliphatic rings. The topological polar surface area (TPSA) is 146 Å². The number of fused-ring (bicyclic) bond motifs is 1. The highest BCUT2D eigenvalue weighted by Crippen LogP contribution is 2.41. The number of aromatic hydroxyl groups is 1. The normalized spacial score (nSPS) is 13.3. The number of aromatic nitrogens is 4. The number of anilines is 3. The second-order valence-corrected chi connectivity index (χ2v) is 12.4. The number of hydrogen-bond donors (Lipinski definition) is 3. The van der Waals surface area contributed by atoms with Gasteiger partial charge in [-0.1, -0.05) is 32.4 Å². The van der Waals surface area contributed by atoms with Gasteiger partial charge in [-0.25, -0.2) is 22.7 Å². The molecular weight excluding hydrogens is 526 g/mol. The van der Waals surface area contributed by atoms with Crippen molar-refractivity contribution in [1.29, 1.82) is 0 Å². The Morgan fingerprint density at radius 2 is 1.72 bits per heavy atom. The molecule has 0 fully saturated rings. The maximum absolute atomic E-state index is 12.8. The first-order valence-electron chi connectivity index (χ1n) is 10.8. The van der Waals surface area contributed by atoms with E-state index >= 15 is 0 Å². The zero-order valence-corrected chi connectivity index (χ0v) is 22.9. The third-order valence-electron chi connectivity index (χ3n) is 5.38. The molecule has 4 rings (SSSR count). The fourth-order valence-electron chi connectivity index (χ4n) is 3.49. The number of rotatable bonds is 7. The number of furan rings is 1. The maximum atomic E-state index is 12.8. The van der Waals surface area contributed by atoms with Crippen LogP contribution in [0.3, 0.4) is 0 Å². The second kappa shape index (κ2) is 9.47. The quantitative estimate of drug-likeness (QED) is 0.270. The summed E-state index contributed by atoms with van der Waals surface area (Å²) in [5.74, 6) is 1.45. The van der Waals surface area contributed by atoms with Gasteiger partial charge in [0.1, 0.15) is 16.4 Å². The highest BCUT2D eigenvalue weighted by atomic mass is 35.5. The zero-order valence-electron chi connectivity index (χ0n) is 20.5. The van der Waals surface area contributed by atoms with E-state index in [1.54, 1.807) is 0 Å². The largest absolute Gasteiger partial charge is 0.504 e. The van der Waals surface area contributed by atoms with Crippen molar-refractivity contribution in [2.24, 2.45) is 5.41 Å². The second-order valence-electron chi connectivity index (χ2n) is 9.41. The summed E-state index contributed by atoms with van der Waals surface area (Å²) < 4.78 is 40.8. The molecule has 192 valence electrons. The molecule has 1 aromatic carbocycles. The molecule has 0 bridgehead atoms. The summed E-state index contributed by atoms with van der Waals surface area (Å²) in [6, 6.07) is 6.30.